The summed E-state index contributed by atoms with van der Waals surface area (Å²) in [6.07, 6.45) is 0. The highest BCUT2D eigenvalue weighted by molar-refractivity contribution is 5.66. The first-order valence-corrected chi connectivity index (χ1v) is 9.02. The van der Waals surface area contributed by atoms with Gasteiger partial charge in [-0.05, 0) is 41.8 Å². The van der Waals surface area contributed by atoms with E-state index in [1.807, 2.05) is 0 Å². The lowest BCUT2D eigenvalue weighted by Crippen LogP contribution is -2.46. The number of anilines is 2. The van der Waals surface area contributed by atoms with Crippen molar-refractivity contribution in [1.29, 1.82) is 0 Å². The Hall–Kier alpha value is -2.74. The van der Waals surface area contributed by atoms with Crippen LogP contribution in [0.15, 0.2) is 78.9 Å². The van der Waals surface area contributed by atoms with Crippen molar-refractivity contribution in [3.63, 3.8) is 0 Å². The van der Waals surface area contributed by atoms with Crippen LogP contribution in [-0.2, 0) is 0 Å². The Morgan fingerprint density at radius 2 is 1.12 bits per heavy atom. The SMILES string of the molecule is Cc1ccccc1N1CCN(c2ccc(-c3ccccc3)cc2)CC1. The van der Waals surface area contributed by atoms with E-state index in [4.69, 9.17) is 0 Å². The zero-order chi connectivity index (χ0) is 17.1. The van der Waals surface area contributed by atoms with Gasteiger partial charge in [0.05, 0.1) is 0 Å². The molecule has 0 amide bonds. The van der Waals surface area contributed by atoms with Crippen molar-refractivity contribution in [2.45, 2.75) is 6.92 Å². The molecule has 0 aliphatic carbocycles. The highest BCUT2D eigenvalue weighted by Gasteiger charge is 2.18. The Balaban J connectivity index is 1.43. The molecule has 0 aromatic heterocycles. The summed E-state index contributed by atoms with van der Waals surface area (Å²) < 4.78 is 0. The standard InChI is InChI=1S/C23H24N2/c1-19-7-5-6-10-23(19)25-17-15-24(16-18-25)22-13-11-21(12-14-22)20-8-3-2-4-9-20/h2-14H,15-18H2,1H3. The van der Waals surface area contributed by atoms with Gasteiger partial charge in [0.25, 0.3) is 0 Å². The van der Waals surface area contributed by atoms with Crippen LogP contribution in [-0.4, -0.2) is 26.2 Å². The first-order valence-electron chi connectivity index (χ1n) is 9.02. The van der Waals surface area contributed by atoms with Gasteiger partial charge < -0.3 is 9.80 Å². The zero-order valence-electron chi connectivity index (χ0n) is 14.7. The number of nitrogens with zero attached hydrogens (tertiary/aromatic N) is 2. The number of para-hydroxylation sites is 1. The molecule has 3 aromatic rings. The Bertz CT molecular complexity index is 816. The fourth-order valence-corrected chi connectivity index (χ4v) is 3.62. The van der Waals surface area contributed by atoms with Gasteiger partial charge in [-0.15, -0.1) is 0 Å². The molecule has 0 atom stereocenters. The van der Waals surface area contributed by atoms with Crippen molar-refractivity contribution in [3.05, 3.63) is 84.4 Å². The van der Waals surface area contributed by atoms with Gasteiger partial charge in [0.15, 0.2) is 0 Å². The van der Waals surface area contributed by atoms with Gasteiger partial charge in [-0.2, -0.15) is 0 Å². The number of aryl methyl sites for hydroxylation is 1. The van der Waals surface area contributed by atoms with Crippen LogP contribution in [0.1, 0.15) is 5.56 Å². The molecule has 0 bridgehead atoms. The van der Waals surface area contributed by atoms with Gasteiger partial charge in [0, 0.05) is 37.6 Å². The van der Waals surface area contributed by atoms with Crippen LogP contribution >= 0.6 is 0 Å². The average molecular weight is 328 g/mol. The van der Waals surface area contributed by atoms with Crippen LogP contribution in [0.2, 0.25) is 0 Å². The van der Waals surface area contributed by atoms with Gasteiger partial charge >= 0.3 is 0 Å². The van der Waals surface area contributed by atoms with E-state index >= 15 is 0 Å². The van der Waals surface area contributed by atoms with Gasteiger partial charge in [0.2, 0.25) is 0 Å². The third kappa shape index (κ3) is 3.39. The van der Waals surface area contributed by atoms with Crippen LogP contribution in [0.25, 0.3) is 11.1 Å². The Labute approximate surface area is 150 Å². The van der Waals surface area contributed by atoms with Crippen LogP contribution < -0.4 is 9.80 Å². The molecule has 25 heavy (non-hydrogen) atoms. The number of hydrogen-bond donors (Lipinski definition) is 0. The third-order valence-corrected chi connectivity index (χ3v) is 5.08. The Morgan fingerprint density at radius 3 is 1.80 bits per heavy atom. The van der Waals surface area contributed by atoms with Crippen molar-refractivity contribution >= 4 is 11.4 Å². The summed E-state index contributed by atoms with van der Waals surface area (Å²) in [4.78, 5) is 4.99. The zero-order valence-corrected chi connectivity index (χ0v) is 14.7. The predicted molar refractivity (Wildman–Crippen MR) is 107 cm³/mol. The molecule has 0 saturated carbocycles. The summed E-state index contributed by atoms with van der Waals surface area (Å²) in [5, 5.41) is 0. The van der Waals surface area contributed by atoms with Crippen LogP contribution in [0.3, 0.4) is 0 Å². The monoisotopic (exact) mass is 328 g/mol. The van der Waals surface area contributed by atoms with Gasteiger partial charge in [0.1, 0.15) is 0 Å². The van der Waals surface area contributed by atoms with E-state index in [0.717, 1.165) is 26.2 Å². The fourth-order valence-electron chi connectivity index (χ4n) is 3.62. The second-order valence-electron chi connectivity index (χ2n) is 6.67. The van der Waals surface area contributed by atoms with Gasteiger partial charge in [-0.1, -0.05) is 60.7 Å². The third-order valence-electron chi connectivity index (χ3n) is 5.08. The predicted octanol–water partition coefficient (Wildman–Crippen LogP) is 4.99. The molecule has 1 fully saturated rings. The first-order chi connectivity index (χ1) is 12.3. The summed E-state index contributed by atoms with van der Waals surface area (Å²) in [7, 11) is 0. The van der Waals surface area contributed by atoms with Crippen LogP contribution in [0, 0.1) is 6.92 Å². The summed E-state index contributed by atoms with van der Waals surface area (Å²) >= 11 is 0. The molecule has 1 saturated heterocycles. The Morgan fingerprint density at radius 1 is 0.560 bits per heavy atom. The maximum absolute atomic E-state index is 2.50. The van der Waals surface area contributed by atoms with E-state index in [0.29, 0.717) is 0 Å². The van der Waals surface area contributed by atoms with E-state index in [1.165, 1.54) is 28.1 Å². The highest BCUT2D eigenvalue weighted by atomic mass is 15.3. The smallest absolute Gasteiger partial charge is 0.0397 e. The number of piperazine rings is 1. The van der Waals surface area contributed by atoms with Crippen molar-refractivity contribution in [2.24, 2.45) is 0 Å². The minimum Gasteiger partial charge on any atom is -0.368 e. The lowest BCUT2D eigenvalue weighted by atomic mass is 10.1. The molecular weight excluding hydrogens is 304 g/mol. The van der Waals surface area contributed by atoms with E-state index in [-0.39, 0.29) is 0 Å². The number of rotatable bonds is 3. The van der Waals surface area contributed by atoms with Crippen molar-refractivity contribution < 1.29 is 0 Å². The second-order valence-corrected chi connectivity index (χ2v) is 6.67. The average Bonchev–Trinajstić information content (AvgIpc) is 2.69. The molecule has 1 heterocycles. The maximum atomic E-state index is 2.50. The topological polar surface area (TPSA) is 6.48 Å². The van der Waals surface area contributed by atoms with E-state index < -0.39 is 0 Å². The van der Waals surface area contributed by atoms with Crippen LogP contribution in [0.5, 0.6) is 0 Å². The van der Waals surface area contributed by atoms with Crippen molar-refractivity contribution in [3.8, 4) is 11.1 Å². The molecule has 0 spiro atoms. The van der Waals surface area contributed by atoms with E-state index in [9.17, 15) is 0 Å². The van der Waals surface area contributed by atoms with E-state index in [2.05, 4.69) is 95.6 Å². The molecule has 0 N–H and O–H groups in total. The van der Waals surface area contributed by atoms with Crippen molar-refractivity contribution in [1.82, 2.24) is 0 Å². The molecule has 2 heteroatoms. The van der Waals surface area contributed by atoms with Gasteiger partial charge in [-0.3, -0.25) is 0 Å². The normalized spacial score (nSPS) is 14.6. The molecule has 1 aliphatic rings. The molecule has 3 aromatic carbocycles. The van der Waals surface area contributed by atoms with Crippen molar-refractivity contribution in [2.75, 3.05) is 36.0 Å². The van der Waals surface area contributed by atoms with Gasteiger partial charge in [-0.25, -0.2) is 0 Å². The number of hydrogen-bond acceptors (Lipinski definition) is 2. The quantitative estimate of drug-likeness (QED) is 0.668. The molecule has 0 radical (unpaired) electrons. The lowest BCUT2D eigenvalue weighted by molar-refractivity contribution is 0.652. The second kappa shape index (κ2) is 7.02. The molecule has 0 unspecified atom stereocenters. The maximum Gasteiger partial charge on any atom is 0.0397 e. The molecule has 2 nitrogen and oxygen atoms in total. The molecule has 126 valence electrons. The molecule has 1 aliphatic heterocycles. The minimum atomic E-state index is 1.07. The van der Waals surface area contributed by atoms with E-state index in [1.54, 1.807) is 0 Å². The summed E-state index contributed by atoms with van der Waals surface area (Å²) in [6, 6.07) is 28.2. The lowest BCUT2D eigenvalue weighted by Gasteiger charge is -2.38. The summed E-state index contributed by atoms with van der Waals surface area (Å²) in [5.41, 5.74) is 6.62. The fraction of sp³-hybridized carbons (Fsp3) is 0.217. The molecule has 4 rings (SSSR count). The Kier molecular flexibility index (Phi) is 4.43. The molecular formula is C23H24N2. The summed E-state index contributed by atoms with van der Waals surface area (Å²) in [6.45, 7) is 6.48. The largest absolute Gasteiger partial charge is 0.368 e. The minimum absolute atomic E-state index is 1.07. The highest BCUT2D eigenvalue weighted by Crippen LogP contribution is 2.26. The number of benzene rings is 3. The summed E-state index contributed by atoms with van der Waals surface area (Å²) in [5.74, 6) is 0. The first kappa shape index (κ1) is 15.8. The van der Waals surface area contributed by atoms with Crippen LogP contribution in [0.4, 0.5) is 11.4 Å².